The van der Waals surface area contributed by atoms with Crippen LogP contribution in [0.25, 0.3) is 0 Å². The second-order valence-electron chi connectivity index (χ2n) is 4.85. The summed E-state index contributed by atoms with van der Waals surface area (Å²) < 4.78 is 27.5. The molecule has 1 fully saturated rings. The lowest BCUT2D eigenvalue weighted by Gasteiger charge is -2.13. The summed E-state index contributed by atoms with van der Waals surface area (Å²) in [7, 11) is 0. The van der Waals surface area contributed by atoms with Crippen LogP contribution in [0.2, 0.25) is 0 Å². The van der Waals surface area contributed by atoms with Crippen LogP contribution in [0.4, 0.5) is 14.5 Å². The highest BCUT2D eigenvalue weighted by Crippen LogP contribution is 2.29. The van der Waals surface area contributed by atoms with Crippen molar-refractivity contribution in [2.45, 2.75) is 30.6 Å². The number of carbonyl (C=O) groups is 1. The van der Waals surface area contributed by atoms with E-state index in [0.717, 1.165) is 25.3 Å². The maximum absolute atomic E-state index is 13.9. The highest BCUT2D eigenvalue weighted by atomic mass is 32.2. The molecule has 2 atom stereocenters. The molecule has 1 amide bonds. The van der Waals surface area contributed by atoms with Gasteiger partial charge in [0, 0.05) is 17.4 Å². The van der Waals surface area contributed by atoms with E-state index in [4.69, 9.17) is 0 Å². The van der Waals surface area contributed by atoms with Gasteiger partial charge >= 0.3 is 5.69 Å². The first kappa shape index (κ1) is 15.7. The molecular weight excluding hydrogens is 302 g/mol. The summed E-state index contributed by atoms with van der Waals surface area (Å²) in [6.07, 6.45) is 4.35. The second-order valence-corrected chi connectivity index (χ2v) is 5.99. The molecule has 0 saturated heterocycles. The Morgan fingerprint density at radius 1 is 1.43 bits per heavy atom. The number of halogens is 2. The molecule has 114 valence electrons. The Balaban J connectivity index is 2.19. The molecule has 1 saturated carbocycles. The lowest BCUT2D eigenvalue weighted by Crippen LogP contribution is -2.34. The average Bonchev–Trinajstić information content (AvgIpc) is 2.85. The molecule has 8 heteroatoms. The zero-order valence-corrected chi connectivity index (χ0v) is 12.1. The molecule has 1 aromatic carbocycles. The molecule has 1 aliphatic carbocycles. The minimum absolute atomic E-state index is 0.159. The van der Waals surface area contributed by atoms with E-state index in [-0.39, 0.29) is 6.04 Å². The summed E-state index contributed by atoms with van der Waals surface area (Å²) in [5.41, 5.74) is -1.80. The van der Waals surface area contributed by atoms with E-state index in [2.05, 4.69) is 5.32 Å². The monoisotopic (exact) mass is 316 g/mol. The Morgan fingerprint density at radius 3 is 2.71 bits per heavy atom. The Labute approximate surface area is 124 Å². The lowest BCUT2D eigenvalue weighted by molar-refractivity contribution is -0.387. The Hall–Kier alpha value is -1.70. The third kappa shape index (κ3) is 3.31. The fraction of sp³-hybridized carbons (Fsp3) is 0.462. The minimum atomic E-state index is -1.43. The third-order valence-electron chi connectivity index (χ3n) is 3.55. The van der Waals surface area contributed by atoms with E-state index in [1.54, 1.807) is 11.8 Å². The second kappa shape index (κ2) is 6.38. The Bertz CT molecular complexity index is 583. The number of thioether (sulfide) groups is 1. The van der Waals surface area contributed by atoms with Gasteiger partial charge in [-0.25, -0.2) is 4.39 Å². The number of nitro groups is 1. The highest BCUT2D eigenvalue weighted by molar-refractivity contribution is 7.99. The number of hydrogen-bond donors (Lipinski definition) is 1. The zero-order chi connectivity index (χ0) is 15.6. The predicted molar refractivity (Wildman–Crippen MR) is 75.4 cm³/mol. The lowest BCUT2D eigenvalue weighted by atomic mass is 10.1. The number of benzene rings is 1. The first-order chi connectivity index (χ1) is 9.93. The number of hydrogen-bond acceptors (Lipinski definition) is 4. The van der Waals surface area contributed by atoms with E-state index in [0.29, 0.717) is 11.3 Å². The molecule has 0 aromatic heterocycles. The Kier molecular flexibility index (Phi) is 4.76. The maximum atomic E-state index is 13.9. The van der Waals surface area contributed by atoms with Gasteiger partial charge in [-0.3, -0.25) is 14.9 Å². The smallest absolute Gasteiger partial charge is 0.305 e. The van der Waals surface area contributed by atoms with Gasteiger partial charge in [-0.2, -0.15) is 16.2 Å². The Morgan fingerprint density at radius 2 is 2.14 bits per heavy atom. The summed E-state index contributed by atoms with van der Waals surface area (Å²) in [6.45, 7) is 0. The van der Waals surface area contributed by atoms with Crippen LogP contribution < -0.4 is 5.32 Å². The van der Waals surface area contributed by atoms with Crippen LogP contribution in [0.1, 0.15) is 29.6 Å². The number of rotatable bonds is 4. The molecule has 2 unspecified atom stereocenters. The van der Waals surface area contributed by atoms with Crippen LogP contribution in [0, 0.1) is 21.7 Å². The average molecular weight is 316 g/mol. The molecule has 0 aliphatic heterocycles. The first-order valence-corrected chi connectivity index (χ1v) is 7.69. The molecule has 5 nitrogen and oxygen atoms in total. The van der Waals surface area contributed by atoms with Crippen molar-refractivity contribution in [3.63, 3.8) is 0 Å². The predicted octanol–water partition coefficient (Wildman–Crippen LogP) is 2.89. The third-order valence-corrected chi connectivity index (χ3v) is 4.64. The van der Waals surface area contributed by atoms with Gasteiger partial charge in [0.1, 0.15) is 11.4 Å². The zero-order valence-electron chi connectivity index (χ0n) is 11.3. The van der Waals surface area contributed by atoms with E-state index in [1.165, 1.54) is 0 Å². The maximum Gasteiger partial charge on any atom is 0.305 e. The molecule has 1 aliphatic rings. The highest BCUT2D eigenvalue weighted by Gasteiger charge is 2.30. The topological polar surface area (TPSA) is 72.2 Å². The van der Waals surface area contributed by atoms with Crippen molar-refractivity contribution in [2.75, 3.05) is 6.26 Å². The van der Waals surface area contributed by atoms with E-state index in [9.17, 15) is 23.7 Å². The number of carbonyl (C=O) groups excluding carboxylic acids is 1. The molecule has 0 radical (unpaired) electrons. The van der Waals surface area contributed by atoms with Gasteiger partial charge in [-0.1, -0.05) is 0 Å². The quantitative estimate of drug-likeness (QED) is 0.685. The van der Waals surface area contributed by atoms with E-state index < -0.39 is 33.7 Å². The molecule has 2 rings (SSSR count). The molecular formula is C13H14F2N2O3S. The van der Waals surface area contributed by atoms with Crippen molar-refractivity contribution in [1.82, 2.24) is 5.32 Å². The largest absolute Gasteiger partial charge is 0.349 e. The fourth-order valence-corrected chi connectivity index (χ4v) is 3.23. The molecule has 0 bridgehead atoms. The number of nitrogens with zero attached hydrogens (tertiary/aromatic N) is 1. The van der Waals surface area contributed by atoms with Gasteiger partial charge in [-0.15, -0.1) is 0 Å². The minimum Gasteiger partial charge on any atom is -0.349 e. The van der Waals surface area contributed by atoms with Gasteiger partial charge < -0.3 is 5.32 Å². The van der Waals surface area contributed by atoms with Crippen molar-refractivity contribution in [2.24, 2.45) is 0 Å². The summed E-state index contributed by atoms with van der Waals surface area (Å²) in [5.74, 6) is -3.48. The van der Waals surface area contributed by atoms with Crippen molar-refractivity contribution in [3.8, 4) is 0 Å². The van der Waals surface area contributed by atoms with Crippen LogP contribution >= 0.6 is 11.8 Å². The van der Waals surface area contributed by atoms with Crippen LogP contribution in [0.5, 0.6) is 0 Å². The van der Waals surface area contributed by atoms with Gasteiger partial charge in [-0.05, 0) is 31.6 Å². The van der Waals surface area contributed by atoms with Gasteiger partial charge in [0.25, 0.3) is 5.91 Å². The summed E-state index contributed by atoms with van der Waals surface area (Å²) in [6, 6.07) is 1.28. The fourth-order valence-electron chi connectivity index (χ4n) is 2.43. The van der Waals surface area contributed by atoms with Crippen LogP contribution in [0.3, 0.4) is 0 Å². The van der Waals surface area contributed by atoms with E-state index >= 15 is 0 Å². The normalized spacial score (nSPS) is 21.3. The van der Waals surface area contributed by atoms with Crippen LogP contribution in [0.15, 0.2) is 12.1 Å². The first-order valence-electron chi connectivity index (χ1n) is 6.40. The van der Waals surface area contributed by atoms with Crippen molar-refractivity contribution >= 4 is 23.4 Å². The van der Waals surface area contributed by atoms with Crippen molar-refractivity contribution in [3.05, 3.63) is 39.4 Å². The van der Waals surface area contributed by atoms with Crippen LogP contribution in [-0.2, 0) is 0 Å². The molecule has 0 spiro atoms. The number of amides is 1. The molecule has 0 heterocycles. The molecule has 1 N–H and O–H groups in total. The molecule has 21 heavy (non-hydrogen) atoms. The summed E-state index contributed by atoms with van der Waals surface area (Å²) in [4.78, 5) is 21.7. The van der Waals surface area contributed by atoms with Crippen LogP contribution in [-0.4, -0.2) is 28.4 Å². The van der Waals surface area contributed by atoms with E-state index in [1.807, 2.05) is 6.26 Å². The van der Waals surface area contributed by atoms with Gasteiger partial charge in [0.2, 0.25) is 5.82 Å². The summed E-state index contributed by atoms with van der Waals surface area (Å²) >= 11 is 1.68. The summed E-state index contributed by atoms with van der Waals surface area (Å²) in [5, 5.41) is 13.6. The van der Waals surface area contributed by atoms with Crippen molar-refractivity contribution in [1.29, 1.82) is 0 Å². The standard InChI is InChI=1S/C13H14F2N2O3S/c1-21-8-3-2-7(6-8)16-13(18)11-9(14)4-5-10(12(11)15)17(19)20/h4-5,7-8H,2-3,6H2,1H3,(H,16,18). The SMILES string of the molecule is CSC1CCC(NC(=O)c2c(F)ccc([N+](=O)[O-])c2F)C1. The molecule has 1 aromatic rings. The number of nitro benzene ring substituents is 1. The number of nitrogens with one attached hydrogen (secondary N) is 1. The van der Waals surface area contributed by atoms with Gasteiger partial charge in [0.05, 0.1) is 4.92 Å². The van der Waals surface area contributed by atoms with Crippen molar-refractivity contribution < 1.29 is 18.5 Å². The van der Waals surface area contributed by atoms with Gasteiger partial charge in [0.15, 0.2) is 0 Å².